The molecule has 0 spiro atoms. The van der Waals surface area contributed by atoms with Crippen LogP contribution in [0.4, 0.5) is 0 Å². The summed E-state index contributed by atoms with van der Waals surface area (Å²) < 4.78 is 10.6. The van der Waals surface area contributed by atoms with Gasteiger partial charge in [0, 0.05) is 18.2 Å². The molecule has 0 radical (unpaired) electrons. The average molecular weight is 378 g/mol. The largest absolute Gasteiger partial charge is 0.496 e. The van der Waals surface area contributed by atoms with Crippen molar-refractivity contribution in [2.45, 2.75) is 38.6 Å². The third-order valence-corrected chi connectivity index (χ3v) is 4.94. The topological polar surface area (TPSA) is 90.1 Å². The smallest absolute Gasteiger partial charge is 0.270 e. The first kappa shape index (κ1) is 18.2. The van der Waals surface area contributed by atoms with E-state index < -0.39 is 6.04 Å². The molecule has 1 amide bonds. The van der Waals surface area contributed by atoms with Crippen molar-refractivity contribution in [2.75, 3.05) is 7.11 Å². The van der Waals surface area contributed by atoms with Crippen LogP contribution in [0.15, 0.2) is 40.9 Å². The second-order valence-corrected chi connectivity index (χ2v) is 6.83. The molecule has 7 heteroatoms. The molecule has 2 heterocycles. The van der Waals surface area contributed by atoms with E-state index in [0.717, 1.165) is 30.5 Å². The van der Waals surface area contributed by atoms with Crippen molar-refractivity contribution < 1.29 is 14.1 Å². The highest BCUT2D eigenvalue weighted by Crippen LogP contribution is 2.29. The second-order valence-electron chi connectivity index (χ2n) is 6.83. The highest BCUT2D eigenvalue weighted by Gasteiger charge is 2.26. The van der Waals surface area contributed by atoms with Crippen molar-refractivity contribution in [3.63, 3.8) is 0 Å². The number of benzene rings is 1. The summed E-state index contributed by atoms with van der Waals surface area (Å²) in [7, 11) is 1.59. The fraction of sp³-hybridized carbons (Fsp3) is 0.333. The number of aryl methyl sites for hydroxylation is 3. The zero-order chi connectivity index (χ0) is 19.5. The number of nitrogens with zero attached hydrogens (tertiary/aromatic N) is 3. The van der Waals surface area contributed by atoms with E-state index in [9.17, 15) is 4.79 Å². The molecule has 0 saturated carbocycles. The number of pyridine rings is 1. The zero-order valence-corrected chi connectivity index (χ0v) is 15.9. The molecule has 1 N–H and O–H groups in total. The van der Waals surface area contributed by atoms with Crippen LogP contribution in [0.25, 0.3) is 0 Å². The van der Waals surface area contributed by atoms with Gasteiger partial charge in [-0.3, -0.25) is 4.79 Å². The molecule has 1 unspecified atom stereocenters. The van der Waals surface area contributed by atoms with Gasteiger partial charge in [-0.1, -0.05) is 29.4 Å². The standard InChI is InChI=1S/C21H22N4O3/c1-13-22-20(25-28-13)19(15-8-4-6-10-18(15)27-2)24-21(26)17-12-11-14-7-3-5-9-16(14)23-17/h4,6,8,10-12,19H,3,5,7,9H2,1-2H3,(H,24,26). The summed E-state index contributed by atoms with van der Waals surface area (Å²) in [6.07, 6.45) is 4.22. The van der Waals surface area contributed by atoms with Crippen LogP contribution in [0.3, 0.4) is 0 Å². The Morgan fingerprint density at radius 2 is 1.96 bits per heavy atom. The third-order valence-electron chi connectivity index (χ3n) is 4.94. The third kappa shape index (κ3) is 3.60. The summed E-state index contributed by atoms with van der Waals surface area (Å²) in [5, 5.41) is 7.00. The lowest BCUT2D eigenvalue weighted by molar-refractivity contribution is 0.0935. The van der Waals surface area contributed by atoms with Crippen LogP contribution in [-0.4, -0.2) is 28.1 Å². The van der Waals surface area contributed by atoms with Gasteiger partial charge in [0.2, 0.25) is 5.89 Å². The van der Waals surface area contributed by atoms with Gasteiger partial charge in [0.15, 0.2) is 5.82 Å². The second kappa shape index (κ2) is 7.80. The minimum absolute atomic E-state index is 0.285. The number of hydrogen-bond acceptors (Lipinski definition) is 6. The number of ether oxygens (including phenoxy) is 1. The summed E-state index contributed by atoms with van der Waals surface area (Å²) in [6, 6.07) is 10.6. The maximum atomic E-state index is 13.0. The molecular formula is C21H22N4O3. The quantitative estimate of drug-likeness (QED) is 0.733. The number of aromatic nitrogens is 3. The number of rotatable bonds is 5. The van der Waals surface area contributed by atoms with Crippen molar-refractivity contribution in [1.29, 1.82) is 0 Å². The van der Waals surface area contributed by atoms with E-state index in [1.165, 1.54) is 12.0 Å². The lowest BCUT2D eigenvalue weighted by Crippen LogP contribution is -2.31. The Bertz CT molecular complexity index is 999. The predicted octanol–water partition coefficient (Wildman–Crippen LogP) is 3.18. The fourth-order valence-corrected chi connectivity index (χ4v) is 3.53. The number of methoxy groups -OCH3 is 1. The molecule has 0 bridgehead atoms. The molecule has 7 nitrogen and oxygen atoms in total. The number of para-hydroxylation sites is 1. The Labute approximate surface area is 163 Å². The highest BCUT2D eigenvalue weighted by molar-refractivity contribution is 5.93. The van der Waals surface area contributed by atoms with E-state index in [1.54, 1.807) is 20.1 Å². The number of carbonyl (C=O) groups excluding carboxylic acids is 1. The Kier molecular flexibility index (Phi) is 5.06. The van der Waals surface area contributed by atoms with Gasteiger partial charge in [-0.15, -0.1) is 0 Å². The maximum Gasteiger partial charge on any atom is 0.270 e. The molecule has 1 aliphatic rings. The molecule has 1 aliphatic carbocycles. The van der Waals surface area contributed by atoms with Gasteiger partial charge >= 0.3 is 0 Å². The Morgan fingerprint density at radius 1 is 1.14 bits per heavy atom. The lowest BCUT2D eigenvalue weighted by Gasteiger charge is -2.19. The van der Waals surface area contributed by atoms with Crippen LogP contribution in [0.1, 0.15) is 57.9 Å². The molecule has 0 aliphatic heterocycles. The Morgan fingerprint density at radius 3 is 2.75 bits per heavy atom. The number of fused-ring (bicyclic) bond motifs is 1. The van der Waals surface area contributed by atoms with Crippen LogP contribution >= 0.6 is 0 Å². The lowest BCUT2D eigenvalue weighted by atomic mass is 9.96. The Balaban J connectivity index is 1.67. The molecule has 0 fully saturated rings. The van der Waals surface area contributed by atoms with Crippen LogP contribution in [-0.2, 0) is 12.8 Å². The Hall–Kier alpha value is -3.22. The normalized spacial score (nSPS) is 14.2. The average Bonchev–Trinajstić information content (AvgIpc) is 3.17. The van der Waals surface area contributed by atoms with Crippen LogP contribution < -0.4 is 10.1 Å². The zero-order valence-electron chi connectivity index (χ0n) is 15.9. The minimum atomic E-state index is -0.612. The number of amides is 1. The predicted molar refractivity (Wildman–Crippen MR) is 102 cm³/mol. The van der Waals surface area contributed by atoms with Crippen molar-refractivity contribution in [1.82, 2.24) is 20.4 Å². The van der Waals surface area contributed by atoms with Crippen molar-refractivity contribution in [3.8, 4) is 5.75 Å². The molecule has 1 aromatic carbocycles. The van der Waals surface area contributed by atoms with Crippen LogP contribution in [0.2, 0.25) is 0 Å². The summed E-state index contributed by atoms with van der Waals surface area (Å²) >= 11 is 0. The fourth-order valence-electron chi connectivity index (χ4n) is 3.53. The van der Waals surface area contributed by atoms with Crippen molar-refractivity contribution in [3.05, 3.63) is 70.6 Å². The number of carbonyl (C=O) groups is 1. The van der Waals surface area contributed by atoms with Gasteiger partial charge < -0.3 is 14.6 Å². The molecular weight excluding hydrogens is 356 g/mol. The van der Waals surface area contributed by atoms with Crippen molar-refractivity contribution in [2.24, 2.45) is 0 Å². The van der Waals surface area contributed by atoms with E-state index in [2.05, 4.69) is 20.4 Å². The summed E-state index contributed by atoms with van der Waals surface area (Å²) in [6.45, 7) is 1.71. The van der Waals surface area contributed by atoms with Gasteiger partial charge in [-0.25, -0.2) is 4.98 Å². The van der Waals surface area contributed by atoms with E-state index in [0.29, 0.717) is 23.2 Å². The summed E-state index contributed by atoms with van der Waals surface area (Å²) in [4.78, 5) is 21.9. The molecule has 2 aromatic heterocycles. The van der Waals surface area contributed by atoms with Gasteiger partial charge in [0.1, 0.15) is 17.5 Å². The first-order chi connectivity index (χ1) is 13.7. The summed E-state index contributed by atoms with van der Waals surface area (Å²) in [5.41, 5.74) is 3.39. The van der Waals surface area contributed by atoms with Crippen LogP contribution in [0, 0.1) is 6.92 Å². The van der Waals surface area contributed by atoms with Gasteiger partial charge in [-0.05, 0) is 43.4 Å². The van der Waals surface area contributed by atoms with E-state index in [-0.39, 0.29) is 5.91 Å². The SMILES string of the molecule is COc1ccccc1C(NC(=O)c1ccc2c(n1)CCCC2)c1noc(C)n1. The van der Waals surface area contributed by atoms with E-state index >= 15 is 0 Å². The highest BCUT2D eigenvalue weighted by atomic mass is 16.5. The minimum Gasteiger partial charge on any atom is -0.496 e. The first-order valence-electron chi connectivity index (χ1n) is 9.38. The number of nitrogens with one attached hydrogen (secondary N) is 1. The molecule has 144 valence electrons. The molecule has 28 heavy (non-hydrogen) atoms. The number of hydrogen-bond donors (Lipinski definition) is 1. The van der Waals surface area contributed by atoms with E-state index in [4.69, 9.17) is 9.26 Å². The maximum absolute atomic E-state index is 13.0. The van der Waals surface area contributed by atoms with Gasteiger partial charge in [0.05, 0.1) is 7.11 Å². The summed E-state index contributed by atoms with van der Waals surface area (Å²) in [5.74, 6) is 1.14. The molecule has 4 rings (SSSR count). The van der Waals surface area contributed by atoms with Gasteiger partial charge in [0.25, 0.3) is 5.91 Å². The van der Waals surface area contributed by atoms with E-state index in [1.807, 2.05) is 30.3 Å². The van der Waals surface area contributed by atoms with Gasteiger partial charge in [-0.2, -0.15) is 4.98 Å². The molecule has 3 aromatic rings. The monoisotopic (exact) mass is 378 g/mol. The molecule has 1 atom stereocenters. The first-order valence-corrected chi connectivity index (χ1v) is 9.38. The van der Waals surface area contributed by atoms with Crippen molar-refractivity contribution >= 4 is 5.91 Å². The molecule has 0 saturated heterocycles. The van der Waals surface area contributed by atoms with Crippen LogP contribution in [0.5, 0.6) is 5.75 Å².